The Labute approximate surface area is 203 Å². The zero-order valence-electron chi connectivity index (χ0n) is 19.4. The van der Waals surface area contributed by atoms with E-state index >= 15 is 0 Å². The van der Waals surface area contributed by atoms with Crippen molar-refractivity contribution in [2.75, 3.05) is 27.6 Å². The topological polar surface area (TPSA) is 54.1 Å². The van der Waals surface area contributed by atoms with E-state index in [0.717, 1.165) is 33.8 Å². The van der Waals surface area contributed by atoms with Gasteiger partial charge in [-0.3, -0.25) is 5.41 Å². The van der Waals surface area contributed by atoms with Gasteiger partial charge in [-0.25, -0.2) is 10.0 Å². The largest absolute Gasteiger partial charge is 0.339 e. The van der Waals surface area contributed by atoms with Gasteiger partial charge in [-0.1, -0.05) is 55.6 Å². The van der Waals surface area contributed by atoms with Crippen molar-refractivity contribution in [1.29, 1.82) is 10.7 Å². The zero-order chi connectivity index (χ0) is 23.9. The average molecular weight is 465 g/mol. The van der Waals surface area contributed by atoms with E-state index in [2.05, 4.69) is 66.8 Å². The van der Waals surface area contributed by atoms with Crippen LogP contribution in [0.1, 0.15) is 16.7 Å². The zero-order valence-corrected chi connectivity index (χ0v) is 20.2. The van der Waals surface area contributed by atoms with Crippen LogP contribution in [0, 0.1) is 16.7 Å². The summed E-state index contributed by atoms with van der Waals surface area (Å²) in [7, 11) is -0.598. The molecule has 0 spiro atoms. The maximum Gasteiger partial charge on any atom is 0.148 e. The predicted octanol–water partition coefficient (Wildman–Crippen LogP) is 6.39. The van der Waals surface area contributed by atoms with Gasteiger partial charge in [0.15, 0.2) is 0 Å². The number of nitrogens with one attached hydrogen (secondary N) is 1. The molecule has 1 unspecified atom stereocenters. The standard InChI is InChI=1S/C29H28N4S/c1-4-32(21-31)25-13-9-23(10-14-25)19-33-22(2)29(20-30,27-7-5-6-8-28(27)33)24-11-15-26(16-12-24)34(3)17-18-34/h4-16,21,31H,1-2,17-19H2,3H3. The molecule has 2 aliphatic heterocycles. The summed E-state index contributed by atoms with van der Waals surface area (Å²) in [6.07, 6.45) is 5.23. The second-order valence-corrected chi connectivity index (χ2v) is 12.8. The first-order chi connectivity index (χ1) is 16.5. The molecule has 0 amide bonds. The van der Waals surface area contributed by atoms with Crippen LogP contribution in [-0.2, 0) is 12.0 Å². The molecule has 1 fully saturated rings. The van der Waals surface area contributed by atoms with E-state index in [-0.39, 0.29) is 0 Å². The van der Waals surface area contributed by atoms with Crippen molar-refractivity contribution in [3.8, 4) is 6.07 Å². The Bertz CT molecular complexity index is 1310. The maximum absolute atomic E-state index is 10.6. The van der Waals surface area contributed by atoms with Crippen molar-refractivity contribution in [3.05, 3.63) is 115 Å². The van der Waals surface area contributed by atoms with Crippen LogP contribution >= 0.6 is 10.0 Å². The molecular formula is C29H28N4S. The summed E-state index contributed by atoms with van der Waals surface area (Å²) in [5.74, 6) is 2.62. The third-order valence-corrected chi connectivity index (χ3v) is 10.2. The van der Waals surface area contributed by atoms with Gasteiger partial charge in [-0.05, 0) is 64.1 Å². The van der Waals surface area contributed by atoms with Crippen LogP contribution in [0.3, 0.4) is 0 Å². The Morgan fingerprint density at radius 1 is 1.09 bits per heavy atom. The Morgan fingerprint density at radius 2 is 1.76 bits per heavy atom. The van der Waals surface area contributed by atoms with Gasteiger partial charge in [0.25, 0.3) is 0 Å². The Kier molecular flexibility index (Phi) is 5.34. The number of hydrogen-bond donors (Lipinski definition) is 1. The highest BCUT2D eigenvalue weighted by molar-refractivity contribution is 8.38. The Morgan fingerprint density at radius 3 is 2.35 bits per heavy atom. The molecule has 2 heterocycles. The molecule has 1 saturated heterocycles. The third-order valence-electron chi connectivity index (χ3n) is 7.11. The monoisotopic (exact) mass is 464 g/mol. The summed E-state index contributed by atoms with van der Waals surface area (Å²) in [5, 5.41) is 18.1. The first kappa shape index (κ1) is 22.1. The molecular weight excluding hydrogens is 436 g/mol. The molecule has 1 atom stereocenters. The van der Waals surface area contributed by atoms with Gasteiger partial charge >= 0.3 is 0 Å². The molecule has 1 N–H and O–H groups in total. The number of nitrogens with zero attached hydrogens (tertiary/aromatic N) is 3. The van der Waals surface area contributed by atoms with Crippen molar-refractivity contribution in [2.24, 2.45) is 0 Å². The highest BCUT2D eigenvalue weighted by atomic mass is 32.3. The van der Waals surface area contributed by atoms with Gasteiger partial charge in [-0.2, -0.15) is 5.26 Å². The van der Waals surface area contributed by atoms with Gasteiger partial charge in [0.05, 0.1) is 12.4 Å². The van der Waals surface area contributed by atoms with Crippen LogP contribution in [0.15, 0.2) is 103 Å². The molecule has 0 aliphatic carbocycles. The molecule has 0 saturated carbocycles. The second kappa shape index (κ2) is 8.23. The minimum atomic E-state index is -0.908. The van der Waals surface area contributed by atoms with Crippen LogP contribution in [-0.4, -0.2) is 24.1 Å². The van der Waals surface area contributed by atoms with Gasteiger partial charge < -0.3 is 9.80 Å². The van der Waals surface area contributed by atoms with Crippen molar-refractivity contribution in [1.82, 2.24) is 0 Å². The molecule has 4 nitrogen and oxygen atoms in total. The molecule has 34 heavy (non-hydrogen) atoms. The Hall–Kier alpha value is -3.75. The number of allylic oxidation sites excluding steroid dienone is 1. The normalized spacial score (nSPS) is 20.7. The highest BCUT2D eigenvalue weighted by Crippen LogP contribution is 2.65. The van der Waals surface area contributed by atoms with E-state index in [1.165, 1.54) is 22.7 Å². The smallest absolute Gasteiger partial charge is 0.148 e. The van der Waals surface area contributed by atoms with E-state index in [1.54, 1.807) is 11.1 Å². The maximum atomic E-state index is 10.6. The predicted molar refractivity (Wildman–Crippen MR) is 144 cm³/mol. The first-order valence-electron chi connectivity index (χ1n) is 11.3. The number of benzene rings is 3. The minimum absolute atomic E-state index is 0.598. The second-order valence-electron chi connectivity index (χ2n) is 9.00. The molecule has 2 aliphatic rings. The number of rotatable bonds is 7. The minimum Gasteiger partial charge on any atom is -0.339 e. The van der Waals surface area contributed by atoms with E-state index in [4.69, 9.17) is 5.41 Å². The molecule has 0 aromatic heterocycles. The van der Waals surface area contributed by atoms with Crippen LogP contribution in [0.4, 0.5) is 11.4 Å². The van der Waals surface area contributed by atoms with Gasteiger partial charge in [-0.15, -0.1) is 0 Å². The van der Waals surface area contributed by atoms with Gasteiger partial charge in [0.2, 0.25) is 0 Å². The molecule has 5 heteroatoms. The number of anilines is 2. The van der Waals surface area contributed by atoms with Crippen LogP contribution in [0.5, 0.6) is 0 Å². The Balaban J connectivity index is 1.51. The molecule has 3 aromatic rings. The third kappa shape index (κ3) is 3.34. The number of fused-ring (bicyclic) bond motifs is 1. The van der Waals surface area contributed by atoms with E-state index in [0.29, 0.717) is 6.54 Å². The lowest BCUT2D eigenvalue weighted by Gasteiger charge is -2.28. The van der Waals surface area contributed by atoms with E-state index in [1.807, 2.05) is 36.4 Å². The molecule has 3 aromatic carbocycles. The number of nitriles is 1. The fraction of sp³-hybridized carbons (Fsp3) is 0.172. The number of para-hydroxylation sites is 1. The number of hydrogen-bond acceptors (Lipinski definition) is 3. The fourth-order valence-electron chi connectivity index (χ4n) is 4.80. The van der Waals surface area contributed by atoms with Crippen molar-refractivity contribution >= 4 is 27.7 Å². The summed E-state index contributed by atoms with van der Waals surface area (Å²) in [6, 6.07) is 27.6. The van der Waals surface area contributed by atoms with Crippen LogP contribution in [0.2, 0.25) is 0 Å². The lowest BCUT2D eigenvalue weighted by molar-refractivity contribution is 0.768. The molecule has 5 rings (SSSR count). The highest BCUT2D eigenvalue weighted by Gasteiger charge is 2.48. The van der Waals surface area contributed by atoms with Crippen molar-refractivity contribution in [2.45, 2.75) is 16.9 Å². The summed E-state index contributed by atoms with van der Waals surface area (Å²) in [4.78, 5) is 5.25. The van der Waals surface area contributed by atoms with Crippen molar-refractivity contribution < 1.29 is 0 Å². The average Bonchev–Trinajstić information content (AvgIpc) is 3.58. The molecule has 0 bridgehead atoms. The van der Waals surface area contributed by atoms with Crippen LogP contribution < -0.4 is 9.80 Å². The fourth-order valence-corrected chi connectivity index (χ4v) is 7.07. The van der Waals surface area contributed by atoms with Crippen LogP contribution in [0.25, 0.3) is 0 Å². The van der Waals surface area contributed by atoms with E-state index < -0.39 is 15.4 Å². The van der Waals surface area contributed by atoms with E-state index in [9.17, 15) is 5.26 Å². The van der Waals surface area contributed by atoms with Crippen molar-refractivity contribution in [3.63, 3.8) is 0 Å². The molecule has 0 radical (unpaired) electrons. The SMILES string of the molecule is C=CN(C=N)c1ccc(CN2C(=C)C(C#N)(c3ccc(S4(C)CC4)cc3)c3ccccc32)cc1. The summed E-state index contributed by atoms with van der Waals surface area (Å²) in [6.45, 7) is 8.82. The van der Waals surface area contributed by atoms with Gasteiger partial charge in [0, 0.05) is 35.4 Å². The lowest BCUT2D eigenvalue weighted by atomic mass is 9.75. The quantitative estimate of drug-likeness (QED) is 0.250. The first-order valence-corrected chi connectivity index (χ1v) is 13.7. The van der Waals surface area contributed by atoms with Gasteiger partial charge in [0.1, 0.15) is 5.41 Å². The summed E-state index contributed by atoms with van der Waals surface area (Å²) >= 11 is 0. The summed E-state index contributed by atoms with van der Waals surface area (Å²) in [5.41, 5.74) is 4.84. The summed E-state index contributed by atoms with van der Waals surface area (Å²) < 4.78 is 0. The lowest BCUT2D eigenvalue weighted by Crippen LogP contribution is -2.30. The molecule has 170 valence electrons.